The third kappa shape index (κ3) is 4.94. The average Bonchev–Trinajstić information content (AvgIpc) is 2.58. The van der Waals surface area contributed by atoms with Gasteiger partial charge >= 0.3 is 0 Å². The molecule has 0 aliphatic rings. The van der Waals surface area contributed by atoms with Gasteiger partial charge in [0.25, 0.3) is 0 Å². The Morgan fingerprint density at radius 2 is 1.85 bits per heavy atom. The largest absolute Gasteiger partial charge is 0.385 e. The van der Waals surface area contributed by atoms with Crippen LogP contribution < -0.4 is 0 Å². The van der Waals surface area contributed by atoms with E-state index in [0.29, 0.717) is 17.1 Å². The van der Waals surface area contributed by atoms with Crippen molar-refractivity contribution in [1.82, 2.24) is 4.90 Å². The van der Waals surface area contributed by atoms with Crippen molar-refractivity contribution in [3.05, 3.63) is 76.1 Å². The normalized spacial score (nSPS) is 15.8. The summed E-state index contributed by atoms with van der Waals surface area (Å²) in [6.45, 7) is 4.55. The zero-order valence-corrected chi connectivity index (χ0v) is 16.6. The summed E-state index contributed by atoms with van der Waals surface area (Å²) < 4.78 is 14.4. The first-order valence-electron chi connectivity index (χ1n) is 8.78. The maximum absolute atomic E-state index is 14.4. The van der Waals surface area contributed by atoms with E-state index in [-0.39, 0.29) is 18.2 Å². The van der Waals surface area contributed by atoms with E-state index in [9.17, 15) is 9.50 Å². The fourth-order valence-electron chi connectivity index (χ4n) is 3.30. The van der Waals surface area contributed by atoms with E-state index in [1.165, 1.54) is 6.07 Å². The van der Waals surface area contributed by atoms with Crippen LogP contribution in [0.1, 0.15) is 25.0 Å². The molecule has 2 nitrogen and oxygen atoms in total. The van der Waals surface area contributed by atoms with Gasteiger partial charge in [-0.05, 0) is 44.3 Å². The molecule has 2 aromatic rings. The van der Waals surface area contributed by atoms with Crippen molar-refractivity contribution in [2.45, 2.75) is 25.9 Å². The van der Waals surface area contributed by atoms with Gasteiger partial charge in [-0.1, -0.05) is 61.0 Å². The van der Waals surface area contributed by atoms with E-state index < -0.39 is 5.60 Å². The summed E-state index contributed by atoms with van der Waals surface area (Å²) in [5.41, 5.74) is 0.923. The van der Waals surface area contributed by atoms with Gasteiger partial charge in [0.15, 0.2) is 0 Å². The highest BCUT2D eigenvalue weighted by Crippen LogP contribution is 2.34. The second kappa shape index (κ2) is 8.81. The molecule has 0 spiro atoms. The Morgan fingerprint density at radius 3 is 2.42 bits per heavy atom. The lowest BCUT2D eigenvalue weighted by atomic mass is 9.77. The van der Waals surface area contributed by atoms with Crippen molar-refractivity contribution in [1.29, 1.82) is 0 Å². The Labute approximate surface area is 160 Å². The molecule has 1 N–H and O–H groups in total. The quantitative estimate of drug-likeness (QED) is 0.731. The smallest absolute Gasteiger partial charge is 0.128 e. The van der Waals surface area contributed by atoms with Gasteiger partial charge in [0.2, 0.25) is 0 Å². The molecule has 26 heavy (non-hydrogen) atoms. The summed E-state index contributed by atoms with van der Waals surface area (Å²) in [5, 5.41) is 12.0. The molecule has 0 radical (unpaired) electrons. The van der Waals surface area contributed by atoms with Gasteiger partial charge in [0.05, 0.1) is 5.60 Å². The number of aliphatic hydroxyl groups is 1. The SMILES string of the molecule is CC(=Cc1ccccc1)C(O)(Cc1c(F)cccc1Cl)C(C)CN(C)C. The van der Waals surface area contributed by atoms with Crippen molar-refractivity contribution in [3.63, 3.8) is 0 Å². The molecule has 2 rings (SSSR count). The summed E-state index contributed by atoms with van der Waals surface area (Å²) in [7, 11) is 3.92. The minimum Gasteiger partial charge on any atom is -0.385 e. The molecule has 0 heterocycles. The highest BCUT2D eigenvalue weighted by molar-refractivity contribution is 6.31. The summed E-state index contributed by atoms with van der Waals surface area (Å²) in [5.74, 6) is -0.506. The highest BCUT2D eigenvalue weighted by atomic mass is 35.5. The van der Waals surface area contributed by atoms with E-state index in [1.54, 1.807) is 12.1 Å². The zero-order valence-electron chi connectivity index (χ0n) is 15.8. The predicted molar refractivity (Wildman–Crippen MR) is 108 cm³/mol. The van der Waals surface area contributed by atoms with Crippen molar-refractivity contribution in [2.75, 3.05) is 20.6 Å². The van der Waals surface area contributed by atoms with Gasteiger partial charge in [-0.2, -0.15) is 0 Å². The third-order valence-electron chi connectivity index (χ3n) is 4.83. The van der Waals surface area contributed by atoms with Crippen LogP contribution in [0.3, 0.4) is 0 Å². The number of hydrogen-bond acceptors (Lipinski definition) is 2. The molecule has 2 unspecified atom stereocenters. The van der Waals surface area contributed by atoms with Crippen molar-refractivity contribution < 1.29 is 9.50 Å². The molecule has 0 bridgehead atoms. The van der Waals surface area contributed by atoms with Crippen LogP contribution in [0.5, 0.6) is 0 Å². The maximum atomic E-state index is 14.4. The Morgan fingerprint density at radius 1 is 1.19 bits per heavy atom. The number of nitrogens with zero attached hydrogens (tertiary/aromatic N) is 1. The topological polar surface area (TPSA) is 23.5 Å². The van der Waals surface area contributed by atoms with Gasteiger partial charge in [-0.25, -0.2) is 4.39 Å². The molecule has 0 aliphatic heterocycles. The number of rotatable bonds is 7. The molecule has 4 heteroatoms. The first-order chi connectivity index (χ1) is 12.2. The Balaban J connectivity index is 2.46. The Bertz CT molecular complexity index is 740. The van der Waals surface area contributed by atoms with Crippen LogP contribution in [-0.4, -0.2) is 36.2 Å². The van der Waals surface area contributed by atoms with Gasteiger partial charge in [0.1, 0.15) is 5.82 Å². The lowest BCUT2D eigenvalue weighted by Crippen LogP contribution is -2.44. The molecule has 140 valence electrons. The van der Waals surface area contributed by atoms with E-state index in [1.807, 2.05) is 69.3 Å². The fraction of sp³-hybridized carbons (Fsp3) is 0.364. The van der Waals surface area contributed by atoms with Gasteiger partial charge in [0, 0.05) is 29.5 Å². The number of hydrogen-bond donors (Lipinski definition) is 1. The predicted octanol–water partition coefficient (Wildman–Crippen LogP) is 5.05. The zero-order chi connectivity index (χ0) is 19.3. The number of benzene rings is 2. The first kappa shape index (κ1) is 20.6. The van der Waals surface area contributed by atoms with Crippen LogP contribution in [0.15, 0.2) is 54.1 Å². The van der Waals surface area contributed by atoms with E-state index in [2.05, 4.69) is 0 Å². The highest BCUT2D eigenvalue weighted by Gasteiger charge is 2.37. The Kier molecular flexibility index (Phi) is 6.99. The minimum atomic E-state index is -1.22. The van der Waals surface area contributed by atoms with Crippen LogP contribution >= 0.6 is 11.6 Å². The Hall–Kier alpha value is -1.68. The lowest BCUT2D eigenvalue weighted by Gasteiger charge is -2.37. The second-order valence-electron chi connectivity index (χ2n) is 7.20. The summed E-state index contributed by atoms with van der Waals surface area (Å²) in [6.07, 6.45) is 2.09. The van der Waals surface area contributed by atoms with Crippen LogP contribution in [0.4, 0.5) is 4.39 Å². The van der Waals surface area contributed by atoms with E-state index in [0.717, 1.165) is 11.1 Å². The van der Waals surface area contributed by atoms with Crippen LogP contribution in [-0.2, 0) is 6.42 Å². The molecule has 0 aliphatic carbocycles. The minimum absolute atomic E-state index is 0.117. The average molecular weight is 376 g/mol. The van der Waals surface area contributed by atoms with Crippen LogP contribution in [0, 0.1) is 11.7 Å². The maximum Gasteiger partial charge on any atom is 0.128 e. The standard InChI is InChI=1S/C22H27ClFNO/c1-16(13-18-9-6-5-7-10-18)22(26,17(2)15-25(3)4)14-19-20(23)11-8-12-21(19)24/h5-13,17,26H,14-15H2,1-4H3. The molecule has 0 saturated carbocycles. The fourth-order valence-corrected chi connectivity index (χ4v) is 3.53. The molecule has 2 atom stereocenters. The van der Waals surface area contributed by atoms with Gasteiger partial charge in [-0.15, -0.1) is 0 Å². The first-order valence-corrected chi connectivity index (χ1v) is 9.15. The molecule has 0 fully saturated rings. The third-order valence-corrected chi connectivity index (χ3v) is 5.18. The summed E-state index contributed by atoms with van der Waals surface area (Å²) in [6, 6.07) is 14.4. The molecular formula is C22H27ClFNO. The van der Waals surface area contributed by atoms with Gasteiger partial charge < -0.3 is 10.0 Å². The van der Waals surface area contributed by atoms with Crippen molar-refractivity contribution in [2.24, 2.45) is 5.92 Å². The van der Waals surface area contributed by atoms with Crippen molar-refractivity contribution in [3.8, 4) is 0 Å². The lowest BCUT2D eigenvalue weighted by molar-refractivity contribution is 0.0143. The molecule has 2 aromatic carbocycles. The number of halogens is 2. The van der Waals surface area contributed by atoms with E-state index in [4.69, 9.17) is 11.6 Å². The summed E-state index contributed by atoms with van der Waals surface area (Å²) >= 11 is 6.23. The van der Waals surface area contributed by atoms with Crippen molar-refractivity contribution >= 4 is 17.7 Å². The van der Waals surface area contributed by atoms with Crippen LogP contribution in [0.2, 0.25) is 5.02 Å². The summed E-state index contributed by atoms with van der Waals surface area (Å²) in [4.78, 5) is 2.02. The van der Waals surface area contributed by atoms with Gasteiger partial charge in [-0.3, -0.25) is 0 Å². The molecule has 0 aromatic heterocycles. The monoisotopic (exact) mass is 375 g/mol. The molecular weight excluding hydrogens is 349 g/mol. The molecule has 0 amide bonds. The van der Waals surface area contributed by atoms with Crippen LogP contribution in [0.25, 0.3) is 6.08 Å². The van der Waals surface area contributed by atoms with E-state index >= 15 is 0 Å². The molecule has 0 saturated heterocycles. The second-order valence-corrected chi connectivity index (χ2v) is 7.61.